The molecule has 88 valence electrons. The zero-order chi connectivity index (χ0) is 11.7. The van der Waals surface area contributed by atoms with Crippen LogP contribution in [0.15, 0.2) is 23.3 Å². The Kier molecular flexibility index (Phi) is 2.74. The van der Waals surface area contributed by atoms with E-state index in [2.05, 4.69) is 15.0 Å². The van der Waals surface area contributed by atoms with Crippen LogP contribution in [0.3, 0.4) is 0 Å². The molecule has 0 aliphatic carbocycles. The van der Waals surface area contributed by atoms with Gasteiger partial charge < -0.3 is 9.64 Å². The first-order chi connectivity index (χ1) is 8.36. The monoisotopic (exact) mass is 248 g/mol. The normalized spacial score (nSPS) is 16.4. The lowest BCUT2D eigenvalue weighted by molar-refractivity contribution is 0.122. The van der Waals surface area contributed by atoms with Crippen LogP contribution in [0.4, 0.5) is 10.8 Å². The van der Waals surface area contributed by atoms with Crippen LogP contribution in [-0.2, 0) is 4.74 Å². The molecule has 6 heteroatoms. The third-order valence-electron chi connectivity index (χ3n) is 2.77. The molecular weight excluding hydrogens is 236 g/mol. The highest BCUT2D eigenvalue weighted by Crippen LogP contribution is 2.31. The summed E-state index contributed by atoms with van der Waals surface area (Å²) in [4.78, 5) is 6.84. The minimum absolute atomic E-state index is 0.676. The molecule has 1 aromatic heterocycles. The molecule has 0 spiro atoms. The van der Waals surface area contributed by atoms with Gasteiger partial charge in [-0.15, -0.1) is 0 Å². The van der Waals surface area contributed by atoms with Crippen molar-refractivity contribution in [2.75, 3.05) is 31.2 Å². The highest BCUT2D eigenvalue weighted by atomic mass is 32.1. The second-order valence-corrected chi connectivity index (χ2v) is 4.87. The van der Waals surface area contributed by atoms with E-state index in [1.54, 1.807) is 11.3 Å². The van der Waals surface area contributed by atoms with Gasteiger partial charge in [-0.05, 0) is 18.2 Å². The molecule has 1 N–H and O–H groups in total. The van der Waals surface area contributed by atoms with E-state index in [1.807, 2.05) is 18.2 Å². The van der Waals surface area contributed by atoms with E-state index in [4.69, 9.17) is 10.3 Å². The summed E-state index contributed by atoms with van der Waals surface area (Å²) in [5, 5.41) is 4.47. The summed E-state index contributed by atoms with van der Waals surface area (Å²) >= 11 is 1.65. The summed E-state index contributed by atoms with van der Waals surface area (Å²) in [5.41, 5.74) is 8.66. The third kappa shape index (κ3) is 2.01. The average molecular weight is 248 g/mol. The van der Waals surface area contributed by atoms with Crippen molar-refractivity contribution in [3.8, 4) is 0 Å². The second kappa shape index (κ2) is 4.38. The van der Waals surface area contributed by atoms with Crippen molar-refractivity contribution >= 4 is 32.4 Å². The molecule has 0 saturated carbocycles. The zero-order valence-electron chi connectivity index (χ0n) is 9.22. The Balaban J connectivity index is 1.97. The maximum absolute atomic E-state index is 7.00. The van der Waals surface area contributed by atoms with Gasteiger partial charge in [0.2, 0.25) is 0 Å². The lowest BCUT2D eigenvalue weighted by atomic mass is 10.3. The van der Waals surface area contributed by atoms with Crippen molar-refractivity contribution in [1.82, 2.24) is 4.98 Å². The van der Waals surface area contributed by atoms with E-state index in [0.29, 0.717) is 5.69 Å². The molecule has 3 rings (SSSR count). The van der Waals surface area contributed by atoms with Gasteiger partial charge in [0.15, 0.2) is 5.13 Å². The van der Waals surface area contributed by atoms with Gasteiger partial charge in [0.25, 0.3) is 0 Å². The summed E-state index contributed by atoms with van der Waals surface area (Å²) in [6.07, 6.45) is 0. The zero-order valence-corrected chi connectivity index (χ0v) is 10.0. The predicted molar refractivity (Wildman–Crippen MR) is 67.5 cm³/mol. The number of aromatic nitrogens is 1. The fraction of sp³-hybridized carbons (Fsp3) is 0.364. The Morgan fingerprint density at radius 1 is 1.35 bits per heavy atom. The van der Waals surface area contributed by atoms with Gasteiger partial charge in [0.1, 0.15) is 0 Å². The largest absolute Gasteiger partial charge is 0.378 e. The van der Waals surface area contributed by atoms with Crippen molar-refractivity contribution in [3.63, 3.8) is 0 Å². The Labute approximate surface area is 103 Å². The van der Waals surface area contributed by atoms with Crippen LogP contribution in [0.5, 0.6) is 0 Å². The summed E-state index contributed by atoms with van der Waals surface area (Å²) in [6, 6.07) is 5.64. The molecular formula is C11H12N4OS. The predicted octanol–water partition coefficient (Wildman–Crippen LogP) is 2.80. The highest BCUT2D eigenvalue weighted by molar-refractivity contribution is 7.22. The molecule has 5 nitrogen and oxygen atoms in total. The van der Waals surface area contributed by atoms with E-state index in [-0.39, 0.29) is 0 Å². The Bertz CT molecular complexity index is 547. The maximum Gasteiger partial charge on any atom is 0.186 e. The Morgan fingerprint density at radius 3 is 2.94 bits per heavy atom. The summed E-state index contributed by atoms with van der Waals surface area (Å²) < 4.78 is 6.41. The Hall–Kier alpha value is -1.53. The van der Waals surface area contributed by atoms with Crippen molar-refractivity contribution in [2.45, 2.75) is 0 Å². The van der Waals surface area contributed by atoms with E-state index in [9.17, 15) is 0 Å². The molecule has 0 unspecified atom stereocenters. The van der Waals surface area contributed by atoms with Crippen LogP contribution in [-0.4, -0.2) is 31.3 Å². The number of hydrogen-bond donors (Lipinski definition) is 1. The van der Waals surface area contributed by atoms with Crippen molar-refractivity contribution in [1.29, 1.82) is 5.53 Å². The fourth-order valence-corrected chi connectivity index (χ4v) is 2.91. The number of anilines is 1. The fourth-order valence-electron chi connectivity index (χ4n) is 1.86. The second-order valence-electron chi connectivity index (χ2n) is 3.86. The van der Waals surface area contributed by atoms with E-state index in [1.165, 1.54) is 0 Å². The van der Waals surface area contributed by atoms with Crippen molar-refractivity contribution in [3.05, 3.63) is 18.2 Å². The van der Waals surface area contributed by atoms with Gasteiger partial charge in [-0.1, -0.05) is 11.3 Å². The number of benzene rings is 1. The van der Waals surface area contributed by atoms with Gasteiger partial charge in [-0.3, -0.25) is 0 Å². The minimum Gasteiger partial charge on any atom is -0.378 e. The molecule has 17 heavy (non-hydrogen) atoms. The molecule has 1 aliphatic heterocycles. The molecule has 1 fully saturated rings. The molecule has 2 aromatic rings. The molecule has 2 heterocycles. The van der Waals surface area contributed by atoms with E-state index >= 15 is 0 Å². The van der Waals surface area contributed by atoms with Gasteiger partial charge in [0.05, 0.1) is 29.1 Å². The van der Waals surface area contributed by atoms with Crippen molar-refractivity contribution < 1.29 is 4.74 Å². The standard InChI is InChI=1S/C11H12N4OS/c12-14-8-1-2-9-10(7-8)17-11(13-9)15-3-5-16-6-4-15/h1-2,7,12H,3-6H2. The first-order valence-electron chi connectivity index (χ1n) is 5.47. The van der Waals surface area contributed by atoms with E-state index < -0.39 is 0 Å². The first-order valence-corrected chi connectivity index (χ1v) is 6.29. The molecule has 0 amide bonds. The summed E-state index contributed by atoms with van der Waals surface area (Å²) in [6.45, 7) is 3.33. The summed E-state index contributed by atoms with van der Waals surface area (Å²) in [7, 11) is 0. The Morgan fingerprint density at radius 2 is 2.18 bits per heavy atom. The van der Waals surface area contributed by atoms with Crippen LogP contribution in [0.1, 0.15) is 0 Å². The quantitative estimate of drug-likeness (QED) is 0.831. The molecule has 0 bridgehead atoms. The van der Waals surface area contributed by atoms with Gasteiger partial charge >= 0.3 is 0 Å². The lowest BCUT2D eigenvalue weighted by Gasteiger charge is -2.25. The third-order valence-corrected chi connectivity index (χ3v) is 3.85. The average Bonchev–Trinajstić information content (AvgIpc) is 2.82. The molecule has 1 aromatic carbocycles. The number of fused-ring (bicyclic) bond motifs is 1. The SMILES string of the molecule is N=Nc1ccc2nc(N3CCOCC3)sc2c1. The van der Waals surface area contributed by atoms with Crippen molar-refractivity contribution in [2.24, 2.45) is 5.11 Å². The maximum atomic E-state index is 7.00. The van der Waals surface area contributed by atoms with Crippen LogP contribution in [0.25, 0.3) is 10.2 Å². The molecule has 1 saturated heterocycles. The van der Waals surface area contributed by atoms with Crippen LogP contribution in [0.2, 0.25) is 0 Å². The van der Waals surface area contributed by atoms with Crippen LogP contribution < -0.4 is 4.90 Å². The molecule has 0 atom stereocenters. The van der Waals surface area contributed by atoms with E-state index in [0.717, 1.165) is 41.7 Å². The number of ether oxygens (including phenoxy) is 1. The van der Waals surface area contributed by atoms with Crippen LogP contribution >= 0.6 is 11.3 Å². The molecule has 1 aliphatic rings. The molecule has 0 radical (unpaired) electrons. The minimum atomic E-state index is 0.676. The highest BCUT2D eigenvalue weighted by Gasteiger charge is 2.15. The topological polar surface area (TPSA) is 61.6 Å². The number of hydrogen-bond acceptors (Lipinski definition) is 6. The number of rotatable bonds is 2. The summed E-state index contributed by atoms with van der Waals surface area (Å²) in [5.74, 6) is 0. The van der Waals surface area contributed by atoms with Gasteiger partial charge in [-0.25, -0.2) is 10.5 Å². The number of thiazole rings is 1. The smallest absolute Gasteiger partial charge is 0.186 e. The first kappa shape index (κ1) is 10.6. The lowest BCUT2D eigenvalue weighted by Crippen LogP contribution is -2.36. The number of morpholine rings is 1. The van der Waals surface area contributed by atoms with Gasteiger partial charge in [0, 0.05) is 13.1 Å². The van der Waals surface area contributed by atoms with Gasteiger partial charge in [-0.2, -0.15) is 5.11 Å². The van der Waals surface area contributed by atoms with Crippen LogP contribution in [0, 0.1) is 5.53 Å². The number of nitrogens with one attached hydrogen (secondary N) is 1. The number of nitrogens with zero attached hydrogens (tertiary/aromatic N) is 3.